The van der Waals surface area contributed by atoms with E-state index in [0.29, 0.717) is 5.56 Å². The van der Waals surface area contributed by atoms with E-state index in [2.05, 4.69) is 4.72 Å². The van der Waals surface area contributed by atoms with Crippen molar-refractivity contribution in [3.63, 3.8) is 0 Å². The maximum absolute atomic E-state index is 12.4. The van der Waals surface area contributed by atoms with E-state index >= 15 is 0 Å². The van der Waals surface area contributed by atoms with E-state index in [9.17, 15) is 8.42 Å². The highest BCUT2D eigenvalue weighted by atomic mass is 35.5. The van der Waals surface area contributed by atoms with Crippen LogP contribution < -0.4 is 10.5 Å². The number of nitrogens with two attached hydrogens (primary N) is 1. The number of nitrogen functional groups attached to an aromatic ring is 1. The van der Waals surface area contributed by atoms with Crippen molar-refractivity contribution in [2.45, 2.75) is 4.90 Å². The fraction of sp³-hybridized carbons (Fsp3) is 0. The third-order valence-corrected chi connectivity index (χ3v) is 4.83. The molecule has 0 unspecified atom stereocenters. The first-order chi connectivity index (χ1) is 9.85. The Morgan fingerprint density at radius 2 is 1.86 bits per heavy atom. The lowest BCUT2D eigenvalue weighted by molar-refractivity contribution is 0.601. The molecule has 0 radical (unpaired) electrons. The van der Waals surface area contributed by atoms with Crippen LogP contribution in [0.5, 0.6) is 0 Å². The van der Waals surface area contributed by atoms with Crippen molar-refractivity contribution in [2.24, 2.45) is 0 Å². The Hall–Kier alpha value is -1.94. The molecule has 2 rings (SSSR count). The normalized spacial score (nSPS) is 10.9. The standard InChI is InChI=1S/C13H9Cl2N3O2S/c14-9-2-1-3-11(17)13(9)21(19,20)18-12-5-4-8(7-16)6-10(12)15/h1-6,18H,17H2. The predicted molar refractivity (Wildman–Crippen MR) is 82.8 cm³/mol. The Morgan fingerprint density at radius 1 is 1.14 bits per heavy atom. The SMILES string of the molecule is N#Cc1ccc(NS(=O)(=O)c2c(N)cccc2Cl)c(Cl)c1. The summed E-state index contributed by atoms with van der Waals surface area (Å²) in [5, 5.41) is 8.86. The van der Waals surface area contributed by atoms with E-state index in [-0.39, 0.29) is 26.3 Å². The summed E-state index contributed by atoms with van der Waals surface area (Å²) in [6, 6.07) is 10.5. The molecule has 2 aromatic carbocycles. The molecule has 0 heterocycles. The molecule has 0 fully saturated rings. The van der Waals surface area contributed by atoms with Gasteiger partial charge in [0, 0.05) is 0 Å². The number of nitriles is 1. The number of hydrogen-bond donors (Lipinski definition) is 2. The van der Waals surface area contributed by atoms with E-state index < -0.39 is 10.0 Å². The van der Waals surface area contributed by atoms with Crippen LogP contribution in [0.25, 0.3) is 0 Å². The quantitative estimate of drug-likeness (QED) is 0.837. The van der Waals surface area contributed by atoms with Gasteiger partial charge in [-0.2, -0.15) is 5.26 Å². The van der Waals surface area contributed by atoms with Gasteiger partial charge in [-0.3, -0.25) is 4.72 Å². The minimum absolute atomic E-state index is 0.00673. The minimum Gasteiger partial charge on any atom is -0.398 e. The Labute approximate surface area is 132 Å². The molecule has 8 heteroatoms. The molecular weight excluding hydrogens is 333 g/mol. The summed E-state index contributed by atoms with van der Waals surface area (Å²) in [5.41, 5.74) is 6.15. The van der Waals surface area contributed by atoms with Gasteiger partial charge < -0.3 is 5.73 Å². The summed E-state index contributed by atoms with van der Waals surface area (Å²) in [6.45, 7) is 0. The van der Waals surface area contributed by atoms with Crippen LogP contribution in [-0.2, 0) is 10.0 Å². The Bertz CT molecular complexity index is 825. The van der Waals surface area contributed by atoms with Crippen LogP contribution in [0.4, 0.5) is 11.4 Å². The zero-order valence-electron chi connectivity index (χ0n) is 10.5. The highest BCUT2D eigenvalue weighted by Crippen LogP contribution is 2.31. The summed E-state index contributed by atoms with van der Waals surface area (Å²) in [5.74, 6) is 0. The van der Waals surface area contributed by atoms with Crippen molar-refractivity contribution in [1.82, 2.24) is 0 Å². The summed E-state index contributed by atoms with van der Waals surface area (Å²) in [4.78, 5) is -0.216. The maximum Gasteiger partial charge on any atom is 0.265 e. The highest BCUT2D eigenvalue weighted by molar-refractivity contribution is 7.93. The third kappa shape index (κ3) is 3.22. The van der Waals surface area contributed by atoms with Crippen LogP contribution in [-0.4, -0.2) is 8.42 Å². The molecule has 21 heavy (non-hydrogen) atoms. The second kappa shape index (κ2) is 5.82. The Morgan fingerprint density at radius 3 is 2.43 bits per heavy atom. The van der Waals surface area contributed by atoms with Crippen LogP contribution in [0, 0.1) is 11.3 Å². The van der Waals surface area contributed by atoms with Crippen LogP contribution >= 0.6 is 23.2 Å². The van der Waals surface area contributed by atoms with E-state index in [0.717, 1.165) is 0 Å². The average molecular weight is 342 g/mol. The Kier molecular flexibility index (Phi) is 4.28. The monoisotopic (exact) mass is 341 g/mol. The number of nitrogens with one attached hydrogen (secondary N) is 1. The molecule has 0 aliphatic heterocycles. The van der Waals surface area contributed by atoms with E-state index in [1.807, 2.05) is 6.07 Å². The van der Waals surface area contributed by atoms with Crippen molar-refractivity contribution in [2.75, 3.05) is 10.5 Å². The first-order valence-corrected chi connectivity index (χ1v) is 7.85. The van der Waals surface area contributed by atoms with Gasteiger partial charge in [-0.05, 0) is 30.3 Å². The molecule has 5 nitrogen and oxygen atoms in total. The van der Waals surface area contributed by atoms with Gasteiger partial charge in [0.25, 0.3) is 10.0 Å². The van der Waals surface area contributed by atoms with Gasteiger partial charge in [-0.1, -0.05) is 29.3 Å². The highest BCUT2D eigenvalue weighted by Gasteiger charge is 2.22. The van der Waals surface area contributed by atoms with Gasteiger partial charge in [0.1, 0.15) is 4.90 Å². The second-order valence-corrected chi connectivity index (χ2v) is 6.50. The molecule has 0 saturated heterocycles. The lowest BCUT2D eigenvalue weighted by atomic mass is 10.2. The molecule has 0 atom stereocenters. The number of sulfonamides is 1. The van der Waals surface area contributed by atoms with Gasteiger partial charge in [-0.25, -0.2) is 8.42 Å². The summed E-state index contributed by atoms with van der Waals surface area (Å²) >= 11 is 11.8. The predicted octanol–water partition coefficient (Wildman–Crippen LogP) is 3.25. The average Bonchev–Trinajstić information content (AvgIpc) is 2.40. The van der Waals surface area contributed by atoms with Crippen LogP contribution in [0.3, 0.4) is 0 Å². The first kappa shape index (κ1) is 15.4. The fourth-order valence-electron chi connectivity index (χ4n) is 1.67. The fourth-order valence-corrected chi connectivity index (χ4v) is 3.72. The van der Waals surface area contributed by atoms with Crippen molar-refractivity contribution < 1.29 is 8.42 Å². The molecule has 0 bridgehead atoms. The number of nitrogens with zero attached hydrogens (tertiary/aromatic N) is 1. The van der Waals surface area contributed by atoms with E-state index in [4.69, 9.17) is 34.2 Å². The molecule has 0 aliphatic carbocycles. The van der Waals surface area contributed by atoms with Gasteiger partial charge in [0.05, 0.1) is 33.1 Å². The second-order valence-electron chi connectivity index (χ2n) is 4.07. The summed E-state index contributed by atoms with van der Waals surface area (Å²) < 4.78 is 27.0. The van der Waals surface area contributed by atoms with Gasteiger partial charge in [0.2, 0.25) is 0 Å². The Balaban J connectivity index is 2.46. The van der Waals surface area contributed by atoms with E-state index in [1.54, 1.807) is 6.07 Å². The zero-order valence-corrected chi connectivity index (χ0v) is 12.8. The van der Waals surface area contributed by atoms with Crippen molar-refractivity contribution in [3.8, 4) is 6.07 Å². The molecule has 0 aromatic heterocycles. The number of halogens is 2. The molecular formula is C13H9Cl2N3O2S. The molecule has 2 aromatic rings. The smallest absolute Gasteiger partial charge is 0.265 e. The number of benzene rings is 2. The van der Waals surface area contributed by atoms with Gasteiger partial charge in [-0.15, -0.1) is 0 Å². The molecule has 0 saturated carbocycles. The number of anilines is 2. The summed E-state index contributed by atoms with van der Waals surface area (Å²) in [6.07, 6.45) is 0. The molecule has 108 valence electrons. The minimum atomic E-state index is -3.99. The lowest BCUT2D eigenvalue weighted by Crippen LogP contribution is -2.15. The molecule has 0 spiro atoms. The number of rotatable bonds is 3. The molecule has 0 aliphatic rings. The van der Waals surface area contributed by atoms with Crippen LogP contribution in [0.2, 0.25) is 10.0 Å². The third-order valence-electron chi connectivity index (χ3n) is 2.61. The van der Waals surface area contributed by atoms with Crippen LogP contribution in [0.1, 0.15) is 5.56 Å². The molecule has 3 N–H and O–H groups in total. The van der Waals surface area contributed by atoms with Gasteiger partial charge >= 0.3 is 0 Å². The zero-order chi connectivity index (χ0) is 15.6. The van der Waals surface area contributed by atoms with Gasteiger partial charge in [0.15, 0.2) is 0 Å². The van der Waals surface area contributed by atoms with E-state index in [1.165, 1.54) is 30.3 Å². The number of hydrogen-bond acceptors (Lipinski definition) is 4. The topological polar surface area (TPSA) is 96.0 Å². The van der Waals surface area contributed by atoms with Crippen molar-refractivity contribution in [3.05, 3.63) is 52.0 Å². The van der Waals surface area contributed by atoms with Crippen molar-refractivity contribution >= 4 is 44.6 Å². The molecule has 0 amide bonds. The maximum atomic E-state index is 12.4. The lowest BCUT2D eigenvalue weighted by Gasteiger charge is -2.12. The summed E-state index contributed by atoms with van der Waals surface area (Å²) in [7, 11) is -3.99. The first-order valence-electron chi connectivity index (χ1n) is 5.61. The van der Waals surface area contributed by atoms with Crippen molar-refractivity contribution in [1.29, 1.82) is 5.26 Å². The largest absolute Gasteiger partial charge is 0.398 e. The van der Waals surface area contributed by atoms with Crippen LogP contribution in [0.15, 0.2) is 41.3 Å².